The molecule has 0 spiro atoms. The van der Waals surface area contributed by atoms with Crippen LogP contribution in [-0.2, 0) is 12.8 Å². The molecule has 0 radical (unpaired) electrons. The molecule has 2 atom stereocenters. The minimum absolute atomic E-state index is 0.202. The standard InChI is InChI=1S/C35H40N2O3/c1-27(15-9-11-21-29-17-5-3-6-18-29)31-23-13-25-36-33(31)39-35(38)40-34-32(24-14-26-37-34)28(2)16-10-12-22-30-19-7-4-8-20-30/h3-8,13-14,17-20,23-28H,9-12,15-16,21-22H2,1-2H3. The van der Waals surface area contributed by atoms with E-state index in [2.05, 4.69) is 72.3 Å². The molecule has 0 aliphatic heterocycles. The Kier molecular flexibility index (Phi) is 11.3. The van der Waals surface area contributed by atoms with Gasteiger partial charge in [0.05, 0.1) is 0 Å². The SMILES string of the molecule is CC(CCCCc1ccccc1)c1cccnc1OC(=O)Oc1ncccc1C(C)CCCCc1ccccc1. The molecule has 0 bridgehead atoms. The number of carbonyl (C=O) groups excluding carboxylic acids is 1. The maximum atomic E-state index is 12.8. The van der Waals surface area contributed by atoms with Gasteiger partial charge in [-0.2, -0.15) is 0 Å². The van der Waals surface area contributed by atoms with Crippen LogP contribution < -0.4 is 9.47 Å². The van der Waals surface area contributed by atoms with E-state index >= 15 is 0 Å². The summed E-state index contributed by atoms with van der Waals surface area (Å²) >= 11 is 0. The monoisotopic (exact) mass is 536 g/mol. The lowest BCUT2D eigenvalue weighted by Crippen LogP contribution is -2.18. The van der Waals surface area contributed by atoms with Crippen molar-refractivity contribution in [3.05, 3.63) is 120 Å². The van der Waals surface area contributed by atoms with Crippen molar-refractivity contribution in [1.29, 1.82) is 0 Å². The molecule has 0 saturated heterocycles. The fourth-order valence-electron chi connectivity index (χ4n) is 5.07. The molecule has 2 heterocycles. The summed E-state index contributed by atoms with van der Waals surface area (Å²) in [7, 11) is 0. The fraction of sp³-hybridized carbons (Fsp3) is 0.343. The topological polar surface area (TPSA) is 61.3 Å². The van der Waals surface area contributed by atoms with Crippen molar-refractivity contribution in [2.45, 2.75) is 77.0 Å². The number of nitrogens with zero attached hydrogens (tertiary/aromatic N) is 2. The van der Waals surface area contributed by atoms with Crippen molar-refractivity contribution < 1.29 is 14.3 Å². The second-order valence-corrected chi connectivity index (χ2v) is 10.5. The molecule has 0 saturated carbocycles. The highest BCUT2D eigenvalue weighted by molar-refractivity contribution is 5.67. The van der Waals surface area contributed by atoms with E-state index in [1.54, 1.807) is 12.4 Å². The molecular weight excluding hydrogens is 496 g/mol. The van der Waals surface area contributed by atoms with E-state index in [0.717, 1.165) is 62.5 Å². The van der Waals surface area contributed by atoms with Crippen LogP contribution >= 0.6 is 0 Å². The molecule has 0 aliphatic rings. The second kappa shape index (κ2) is 15.6. The first-order valence-electron chi connectivity index (χ1n) is 14.5. The van der Waals surface area contributed by atoms with Gasteiger partial charge < -0.3 is 9.47 Å². The first-order chi connectivity index (χ1) is 19.6. The lowest BCUT2D eigenvalue weighted by Gasteiger charge is -2.17. The molecule has 4 aromatic rings. The Bertz CT molecular complexity index is 1210. The number of aromatic nitrogens is 2. The van der Waals surface area contributed by atoms with Gasteiger partial charge in [0.1, 0.15) is 0 Å². The normalized spacial score (nSPS) is 12.4. The highest BCUT2D eigenvalue weighted by Crippen LogP contribution is 2.31. The van der Waals surface area contributed by atoms with Crippen LogP contribution in [0.25, 0.3) is 0 Å². The zero-order valence-corrected chi connectivity index (χ0v) is 23.7. The third kappa shape index (κ3) is 9.04. The molecule has 5 heteroatoms. The van der Waals surface area contributed by atoms with Crippen molar-refractivity contribution in [3.63, 3.8) is 0 Å². The van der Waals surface area contributed by atoms with Crippen LogP contribution in [0.4, 0.5) is 4.79 Å². The Balaban J connectivity index is 1.28. The van der Waals surface area contributed by atoms with E-state index in [4.69, 9.17) is 9.47 Å². The summed E-state index contributed by atoms with van der Waals surface area (Å²) in [6, 6.07) is 28.8. The largest absolute Gasteiger partial charge is 0.522 e. The Morgan fingerprint density at radius 3 is 1.45 bits per heavy atom. The molecule has 2 aromatic heterocycles. The number of benzene rings is 2. The van der Waals surface area contributed by atoms with Gasteiger partial charge in [-0.15, -0.1) is 0 Å². The van der Waals surface area contributed by atoms with E-state index in [-0.39, 0.29) is 11.8 Å². The van der Waals surface area contributed by atoms with E-state index in [0.29, 0.717) is 11.8 Å². The van der Waals surface area contributed by atoms with E-state index in [9.17, 15) is 4.79 Å². The van der Waals surface area contributed by atoms with Crippen LogP contribution in [0.1, 0.15) is 86.5 Å². The van der Waals surface area contributed by atoms with Gasteiger partial charge in [-0.05, 0) is 73.6 Å². The molecule has 2 unspecified atom stereocenters. The number of aryl methyl sites for hydroxylation is 2. The molecule has 4 rings (SSSR count). The minimum Gasteiger partial charge on any atom is -0.375 e. The van der Waals surface area contributed by atoms with Gasteiger partial charge in [-0.25, -0.2) is 14.8 Å². The van der Waals surface area contributed by atoms with Crippen LogP contribution in [0.15, 0.2) is 97.3 Å². The number of hydrogen-bond acceptors (Lipinski definition) is 5. The summed E-state index contributed by atoms with van der Waals surface area (Å²) in [6.45, 7) is 4.29. The zero-order valence-electron chi connectivity index (χ0n) is 23.7. The summed E-state index contributed by atoms with van der Waals surface area (Å²) in [4.78, 5) is 21.5. The molecule has 0 fully saturated rings. The van der Waals surface area contributed by atoms with Crippen LogP contribution in [-0.4, -0.2) is 16.1 Å². The first kappa shape index (κ1) is 29.0. The molecule has 208 valence electrons. The van der Waals surface area contributed by atoms with Crippen molar-refractivity contribution in [1.82, 2.24) is 9.97 Å². The van der Waals surface area contributed by atoms with Gasteiger partial charge >= 0.3 is 6.16 Å². The highest BCUT2D eigenvalue weighted by Gasteiger charge is 2.20. The third-order valence-electron chi connectivity index (χ3n) is 7.41. The van der Waals surface area contributed by atoms with Crippen LogP contribution in [0.2, 0.25) is 0 Å². The minimum atomic E-state index is -0.813. The maximum Gasteiger partial charge on any atom is 0.522 e. The van der Waals surface area contributed by atoms with Crippen molar-refractivity contribution in [2.75, 3.05) is 0 Å². The van der Waals surface area contributed by atoms with Gasteiger partial charge in [0, 0.05) is 23.5 Å². The zero-order chi connectivity index (χ0) is 28.0. The van der Waals surface area contributed by atoms with Gasteiger partial charge in [0.2, 0.25) is 11.8 Å². The Morgan fingerprint density at radius 2 is 1.02 bits per heavy atom. The molecule has 0 aliphatic carbocycles. The van der Waals surface area contributed by atoms with Crippen LogP contribution in [0.5, 0.6) is 11.8 Å². The highest BCUT2D eigenvalue weighted by atomic mass is 16.7. The van der Waals surface area contributed by atoms with Crippen LogP contribution in [0.3, 0.4) is 0 Å². The molecule has 5 nitrogen and oxygen atoms in total. The number of pyridine rings is 2. The number of rotatable bonds is 14. The first-order valence-corrected chi connectivity index (χ1v) is 14.5. The lowest BCUT2D eigenvalue weighted by atomic mass is 9.95. The van der Waals surface area contributed by atoms with Crippen molar-refractivity contribution in [3.8, 4) is 11.8 Å². The number of ether oxygens (including phenoxy) is 2. The average Bonchev–Trinajstić information content (AvgIpc) is 2.99. The van der Waals surface area contributed by atoms with Gasteiger partial charge in [0.25, 0.3) is 0 Å². The lowest BCUT2D eigenvalue weighted by molar-refractivity contribution is 0.146. The molecule has 2 aromatic carbocycles. The summed E-state index contributed by atoms with van der Waals surface area (Å²) in [5, 5.41) is 0. The average molecular weight is 537 g/mol. The third-order valence-corrected chi connectivity index (χ3v) is 7.41. The van der Waals surface area contributed by atoms with E-state index in [1.807, 2.05) is 36.4 Å². The van der Waals surface area contributed by atoms with Crippen molar-refractivity contribution >= 4 is 6.16 Å². The number of carbonyl (C=O) groups is 1. The molecular formula is C35H40N2O3. The predicted octanol–water partition coefficient (Wildman–Crippen LogP) is 9.09. The fourth-order valence-corrected chi connectivity index (χ4v) is 5.07. The summed E-state index contributed by atoms with van der Waals surface area (Å²) < 4.78 is 11.2. The quantitative estimate of drug-likeness (QED) is 0.119. The van der Waals surface area contributed by atoms with Gasteiger partial charge in [-0.1, -0.05) is 99.5 Å². The summed E-state index contributed by atoms with van der Waals surface area (Å²) in [5.74, 6) is 1.01. The van der Waals surface area contributed by atoms with Gasteiger partial charge in [-0.3, -0.25) is 0 Å². The van der Waals surface area contributed by atoms with E-state index in [1.165, 1.54) is 11.1 Å². The molecule has 0 amide bonds. The Morgan fingerprint density at radius 1 is 0.600 bits per heavy atom. The number of unbranched alkanes of at least 4 members (excludes halogenated alkanes) is 2. The van der Waals surface area contributed by atoms with Gasteiger partial charge in [0.15, 0.2) is 0 Å². The second-order valence-electron chi connectivity index (χ2n) is 10.5. The van der Waals surface area contributed by atoms with Crippen molar-refractivity contribution in [2.24, 2.45) is 0 Å². The van der Waals surface area contributed by atoms with E-state index < -0.39 is 6.16 Å². The Hall–Kier alpha value is -3.99. The summed E-state index contributed by atoms with van der Waals surface area (Å²) in [5.41, 5.74) is 4.54. The smallest absolute Gasteiger partial charge is 0.375 e. The molecule has 40 heavy (non-hydrogen) atoms. The molecule has 0 N–H and O–H groups in total. The summed E-state index contributed by atoms with van der Waals surface area (Å²) in [6.07, 6.45) is 10.9. The maximum absolute atomic E-state index is 12.8. The predicted molar refractivity (Wildman–Crippen MR) is 160 cm³/mol. The Labute approximate surface area is 238 Å². The number of hydrogen-bond donors (Lipinski definition) is 0. The van der Waals surface area contributed by atoms with Crippen LogP contribution in [0, 0.1) is 0 Å².